The van der Waals surface area contributed by atoms with Crippen LogP contribution in [0.5, 0.6) is 0 Å². The number of aromatic amines is 1. The van der Waals surface area contributed by atoms with E-state index >= 15 is 0 Å². The molecule has 0 aliphatic rings. The molecule has 2 nitrogen and oxygen atoms in total. The van der Waals surface area contributed by atoms with Crippen molar-refractivity contribution < 1.29 is 4.79 Å². The van der Waals surface area contributed by atoms with Crippen molar-refractivity contribution in [2.45, 2.75) is 4.90 Å². The summed E-state index contributed by atoms with van der Waals surface area (Å²) in [7, 11) is 0. The third kappa shape index (κ3) is 2.41. The van der Waals surface area contributed by atoms with Gasteiger partial charge >= 0.3 is 0 Å². The van der Waals surface area contributed by atoms with E-state index < -0.39 is 0 Å². The maximum atomic E-state index is 12.6. The second-order valence-electron chi connectivity index (χ2n) is 4.45. The molecule has 0 saturated carbocycles. The lowest BCUT2D eigenvalue weighted by molar-refractivity contribution is 0.104. The molecule has 2 aromatic carbocycles. The number of H-pyrrole nitrogens is 1. The van der Waals surface area contributed by atoms with Crippen LogP contribution in [0.1, 0.15) is 15.9 Å². The number of thioether (sulfide) groups is 1. The number of carbonyl (C=O) groups excluding carboxylic acids is 1. The summed E-state index contributed by atoms with van der Waals surface area (Å²) in [6.45, 7) is 0. The number of halogens is 1. The molecule has 0 aliphatic heterocycles. The van der Waals surface area contributed by atoms with E-state index in [1.807, 2.05) is 48.7 Å². The van der Waals surface area contributed by atoms with E-state index in [2.05, 4.69) is 20.9 Å². The first-order valence-corrected chi connectivity index (χ1v) is 8.16. The molecule has 0 saturated heterocycles. The molecular weight excluding hydrogens is 334 g/mol. The summed E-state index contributed by atoms with van der Waals surface area (Å²) in [4.78, 5) is 16.9. The van der Waals surface area contributed by atoms with Crippen molar-refractivity contribution in [2.75, 3.05) is 6.26 Å². The van der Waals surface area contributed by atoms with Crippen molar-refractivity contribution in [3.63, 3.8) is 0 Å². The van der Waals surface area contributed by atoms with Gasteiger partial charge in [0.15, 0.2) is 5.78 Å². The fourth-order valence-electron chi connectivity index (χ4n) is 2.18. The molecule has 1 aromatic heterocycles. The molecule has 0 fully saturated rings. The van der Waals surface area contributed by atoms with E-state index in [9.17, 15) is 4.79 Å². The summed E-state index contributed by atoms with van der Waals surface area (Å²) in [6.07, 6.45) is 3.80. The van der Waals surface area contributed by atoms with Gasteiger partial charge in [-0.3, -0.25) is 4.79 Å². The number of nitrogens with one attached hydrogen (secondary N) is 1. The van der Waals surface area contributed by atoms with Gasteiger partial charge in [0.05, 0.1) is 0 Å². The Kier molecular flexibility index (Phi) is 3.68. The zero-order chi connectivity index (χ0) is 14.1. The van der Waals surface area contributed by atoms with Crippen LogP contribution in [0.25, 0.3) is 10.9 Å². The summed E-state index contributed by atoms with van der Waals surface area (Å²) in [6, 6.07) is 13.6. The summed E-state index contributed by atoms with van der Waals surface area (Å²) in [5.41, 5.74) is 2.39. The quantitative estimate of drug-likeness (QED) is 0.541. The first-order chi connectivity index (χ1) is 9.69. The van der Waals surface area contributed by atoms with Gasteiger partial charge in [0.1, 0.15) is 0 Å². The Hall–Kier alpha value is -1.52. The van der Waals surface area contributed by atoms with E-state index in [1.54, 1.807) is 18.0 Å². The largest absolute Gasteiger partial charge is 0.360 e. The number of rotatable bonds is 3. The Morgan fingerprint density at radius 2 is 1.90 bits per heavy atom. The van der Waals surface area contributed by atoms with Crippen LogP contribution in [0.4, 0.5) is 0 Å². The van der Waals surface area contributed by atoms with Gasteiger partial charge in [-0.25, -0.2) is 0 Å². The SMILES string of the molecule is CSc1ccc(C(=O)c2c[nH]c3ccc(Br)cc23)cc1. The highest BCUT2D eigenvalue weighted by Gasteiger charge is 2.14. The number of aromatic nitrogens is 1. The molecule has 1 heterocycles. The van der Waals surface area contributed by atoms with Crippen LogP contribution in [0.2, 0.25) is 0 Å². The third-order valence-electron chi connectivity index (χ3n) is 3.24. The third-order valence-corrected chi connectivity index (χ3v) is 4.48. The minimum absolute atomic E-state index is 0.0435. The van der Waals surface area contributed by atoms with Crippen molar-refractivity contribution in [2.24, 2.45) is 0 Å². The van der Waals surface area contributed by atoms with Gasteiger partial charge in [-0.1, -0.05) is 15.9 Å². The van der Waals surface area contributed by atoms with E-state index in [-0.39, 0.29) is 5.78 Å². The molecule has 4 heteroatoms. The van der Waals surface area contributed by atoms with E-state index in [0.717, 1.165) is 20.3 Å². The van der Waals surface area contributed by atoms with Crippen LogP contribution in [-0.4, -0.2) is 17.0 Å². The maximum absolute atomic E-state index is 12.6. The zero-order valence-corrected chi connectivity index (χ0v) is 13.2. The van der Waals surface area contributed by atoms with Crippen molar-refractivity contribution >= 4 is 44.4 Å². The van der Waals surface area contributed by atoms with Crippen molar-refractivity contribution in [3.05, 3.63) is 64.3 Å². The van der Waals surface area contributed by atoms with Gasteiger partial charge in [0, 0.05) is 37.6 Å². The predicted molar refractivity (Wildman–Crippen MR) is 87.7 cm³/mol. The number of ketones is 1. The minimum Gasteiger partial charge on any atom is -0.360 e. The molecule has 0 amide bonds. The second kappa shape index (κ2) is 5.46. The van der Waals surface area contributed by atoms with Crippen LogP contribution in [-0.2, 0) is 0 Å². The Bertz CT molecular complexity index is 777. The van der Waals surface area contributed by atoms with Crippen LogP contribution in [0.3, 0.4) is 0 Å². The molecule has 0 radical (unpaired) electrons. The molecule has 100 valence electrons. The lowest BCUT2D eigenvalue weighted by atomic mass is 10.0. The predicted octanol–water partition coefficient (Wildman–Crippen LogP) is 4.88. The average molecular weight is 346 g/mol. The number of fused-ring (bicyclic) bond motifs is 1. The highest BCUT2D eigenvalue weighted by Crippen LogP contribution is 2.25. The highest BCUT2D eigenvalue weighted by atomic mass is 79.9. The Balaban J connectivity index is 2.05. The standard InChI is InChI=1S/C16H12BrNOS/c1-20-12-5-2-10(3-6-12)16(19)14-9-18-15-7-4-11(17)8-13(14)15/h2-9,18H,1H3. The Morgan fingerprint density at radius 3 is 2.60 bits per heavy atom. The van der Waals surface area contributed by atoms with Crippen molar-refractivity contribution in [1.82, 2.24) is 4.98 Å². The lowest BCUT2D eigenvalue weighted by Crippen LogP contribution is -1.99. The summed E-state index contributed by atoms with van der Waals surface area (Å²) in [5, 5.41) is 0.943. The van der Waals surface area contributed by atoms with Gasteiger partial charge < -0.3 is 4.98 Å². The van der Waals surface area contributed by atoms with Gasteiger partial charge in [-0.2, -0.15) is 0 Å². The molecule has 0 aliphatic carbocycles. The maximum Gasteiger partial charge on any atom is 0.195 e. The smallest absolute Gasteiger partial charge is 0.195 e. The summed E-state index contributed by atoms with van der Waals surface area (Å²) >= 11 is 5.12. The Morgan fingerprint density at radius 1 is 1.15 bits per heavy atom. The lowest BCUT2D eigenvalue weighted by Gasteiger charge is -2.02. The topological polar surface area (TPSA) is 32.9 Å². The number of benzene rings is 2. The molecule has 1 N–H and O–H groups in total. The number of hydrogen-bond acceptors (Lipinski definition) is 2. The van der Waals surface area contributed by atoms with Gasteiger partial charge in [-0.15, -0.1) is 11.8 Å². The molecular formula is C16H12BrNOS. The molecule has 0 unspecified atom stereocenters. The molecule has 20 heavy (non-hydrogen) atoms. The second-order valence-corrected chi connectivity index (χ2v) is 6.25. The number of carbonyl (C=O) groups is 1. The molecule has 3 rings (SSSR count). The first kappa shape index (κ1) is 13.5. The molecule has 0 atom stereocenters. The molecule has 0 spiro atoms. The summed E-state index contributed by atoms with van der Waals surface area (Å²) < 4.78 is 0.969. The first-order valence-electron chi connectivity index (χ1n) is 6.14. The minimum atomic E-state index is 0.0435. The highest BCUT2D eigenvalue weighted by molar-refractivity contribution is 9.10. The van der Waals surface area contributed by atoms with Crippen LogP contribution >= 0.6 is 27.7 Å². The zero-order valence-electron chi connectivity index (χ0n) is 10.8. The van der Waals surface area contributed by atoms with E-state index in [0.29, 0.717) is 11.1 Å². The van der Waals surface area contributed by atoms with Gasteiger partial charge in [-0.05, 0) is 48.7 Å². The monoisotopic (exact) mass is 345 g/mol. The van der Waals surface area contributed by atoms with Crippen LogP contribution < -0.4 is 0 Å². The van der Waals surface area contributed by atoms with Gasteiger partial charge in [0.2, 0.25) is 0 Å². The van der Waals surface area contributed by atoms with Crippen molar-refractivity contribution in [3.8, 4) is 0 Å². The molecule has 0 bridgehead atoms. The van der Waals surface area contributed by atoms with Gasteiger partial charge in [0.25, 0.3) is 0 Å². The number of hydrogen-bond donors (Lipinski definition) is 1. The fourth-order valence-corrected chi connectivity index (χ4v) is 2.95. The van der Waals surface area contributed by atoms with Crippen LogP contribution in [0, 0.1) is 0 Å². The molecule has 3 aromatic rings. The Labute approximate surface area is 129 Å². The van der Waals surface area contributed by atoms with Crippen LogP contribution in [0.15, 0.2) is 58.0 Å². The van der Waals surface area contributed by atoms with E-state index in [4.69, 9.17) is 0 Å². The normalized spacial score (nSPS) is 10.9. The fraction of sp³-hybridized carbons (Fsp3) is 0.0625. The summed E-state index contributed by atoms with van der Waals surface area (Å²) in [5.74, 6) is 0.0435. The average Bonchev–Trinajstić information content (AvgIpc) is 2.89. The van der Waals surface area contributed by atoms with E-state index in [1.165, 1.54) is 0 Å². The van der Waals surface area contributed by atoms with Crippen molar-refractivity contribution in [1.29, 1.82) is 0 Å².